The number of aliphatic imine (C=N–C) groups is 1. The number of aromatic nitrogens is 1. The maximum absolute atomic E-state index is 13.5. The molecule has 1 aliphatic rings. The van der Waals surface area contributed by atoms with Gasteiger partial charge in [0.05, 0.1) is 0 Å². The van der Waals surface area contributed by atoms with Gasteiger partial charge in [0.2, 0.25) is 0 Å². The highest BCUT2D eigenvalue weighted by atomic mass is 19.1. The predicted molar refractivity (Wildman–Crippen MR) is 106 cm³/mol. The van der Waals surface area contributed by atoms with Crippen LogP contribution in [0.3, 0.4) is 0 Å². The smallest absolute Gasteiger partial charge is 0.191 e. The van der Waals surface area contributed by atoms with Crippen molar-refractivity contribution in [3.8, 4) is 0 Å². The molecule has 3 rings (SSSR count). The molecule has 26 heavy (non-hydrogen) atoms. The average molecular weight is 359 g/mol. The molecule has 5 nitrogen and oxygen atoms in total. The highest BCUT2D eigenvalue weighted by Gasteiger charge is 2.15. The van der Waals surface area contributed by atoms with Gasteiger partial charge in [-0.05, 0) is 62.0 Å². The van der Waals surface area contributed by atoms with E-state index >= 15 is 0 Å². The number of likely N-dealkylation sites (tertiary alicyclic amines) is 1. The molecule has 0 saturated carbocycles. The van der Waals surface area contributed by atoms with Crippen molar-refractivity contribution < 1.29 is 4.39 Å². The van der Waals surface area contributed by atoms with Gasteiger partial charge >= 0.3 is 0 Å². The lowest BCUT2D eigenvalue weighted by atomic mass is 9.99. The lowest BCUT2D eigenvalue weighted by molar-refractivity contribution is 0.195. The van der Waals surface area contributed by atoms with E-state index in [1.54, 1.807) is 19.2 Å². The summed E-state index contributed by atoms with van der Waals surface area (Å²) in [6.45, 7) is 7.44. The number of nitrogens with one attached hydrogen (secondary N) is 3. The summed E-state index contributed by atoms with van der Waals surface area (Å²) in [5.41, 5.74) is 2.09. The van der Waals surface area contributed by atoms with Crippen LogP contribution in [0.25, 0.3) is 10.9 Å². The van der Waals surface area contributed by atoms with E-state index in [0.717, 1.165) is 54.4 Å². The Morgan fingerprint density at radius 1 is 1.27 bits per heavy atom. The van der Waals surface area contributed by atoms with Crippen LogP contribution in [0.15, 0.2) is 29.4 Å². The molecular formula is C20H30FN5. The van der Waals surface area contributed by atoms with E-state index in [4.69, 9.17) is 0 Å². The van der Waals surface area contributed by atoms with Crippen LogP contribution in [0.1, 0.15) is 25.3 Å². The number of hydrogen-bond acceptors (Lipinski definition) is 2. The second-order valence-corrected chi connectivity index (χ2v) is 7.20. The van der Waals surface area contributed by atoms with Crippen LogP contribution in [0.2, 0.25) is 0 Å². The van der Waals surface area contributed by atoms with Gasteiger partial charge in [-0.1, -0.05) is 6.92 Å². The first kappa shape index (κ1) is 18.7. The van der Waals surface area contributed by atoms with Gasteiger partial charge in [0.1, 0.15) is 5.82 Å². The van der Waals surface area contributed by atoms with E-state index < -0.39 is 0 Å². The zero-order valence-electron chi connectivity index (χ0n) is 15.8. The monoisotopic (exact) mass is 359 g/mol. The Morgan fingerprint density at radius 3 is 2.81 bits per heavy atom. The molecule has 0 aliphatic carbocycles. The SMILES string of the molecule is CN=C(NCCc1c[nH]c2ccc(F)cc12)NCCN1CCC(C)CC1. The third-order valence-corrected chi connectivity index (χ3v) is 5.24. The first-order valence-electron chi connectivity index (χ1n) is 9.58. The number of hydrogen-bond donors (Lipinski definition) is 3. The van der Waals surface area contributed by atoms with Gasteiger partial charge in [-0.25, -0.2) is 4.39 Å². The van der Waals surface area contributed by atoms with Gasteiger partial charge in [0.25, 0.3) is 0 Å². The summed E-state index contributed by atoms with van der Waals surface area (Å²) in [4.78, 5) is 10.00. The molecule has 0 bridgehead atoms. The first-order chi connectivity index (χ1) is 12.7. The minimum absolute atomic E-state index is 0.198. The Balaban J connectivity index is 1.40. The van der Waals surface area contributed by atoms with Gasteiger partial charge in [-0.15, -0.1) is 0 Å². The molecule has 3 N–H and O–H groups in total. The Hall–Kier alpha value is -2.08. The zero-order chi connectivity index (χ0) is 18.4. The Kier molecular flexibility index (Phi) is 6.50. The van der Waals surface area contributed by atoms with Crippen LogP contribution in [0.4, 0.5) is 4.39 Å². The van der Waals surface area contributed by atoms with Crippen molar-refractivity contribution in [1.82, 2.24) is 20.5 Å². The lowest BCUT2D eigenvalue weighted by Crippen LogP contribution is -2.43. The van der Waals surface area contributed by atoms with Crippen LogP contribution in [-0.4, -0.2) is 55.6 Å². The molecule has 142 valence electrons. The van der Waals surface area contributed by atoms with E-state index in [-0.39, 0.29) is 5.82 Å². The second kappa shape index (κ2) is 9.03. The number of piperidine rings is 1. The van der Waals surface area contributed by atoms with E-state index in [2.05, 4.69) is 32.4 Å². The fourth-order valence-electron chi connectivity index (χ4n) is 3.51. The fourth-order valence-corrected chi connectivity index (χ4v) is 3.51. The Bertz CT molecular complexity index is 731. The number of guanidine groups is 1. The van der Waals surface area contributed by atoms with Gasteiger partial charge in [0, 0.05) is 43.8 Å². The molecule has 1 aromatic heterocycles. The van der Waals surface area contributed by atoms with E-state index in [9.17, 15) is 4.39 Å². The van der Waals surface area contributed by atoms with Crippen molar-refractivity contribution in [2.45, 2.75) is 26.2 Å². The summed E-state index contributed by atoms with van der Waals surface area (Å²) in [6.07, 6.45) is 5.38. The van der Waals surface area contributed by atoms with Crippen LogP contribution < -0.4 is 10.6 Å². The number of nitrogens with zero attached hydrogens (tertiary/aromatic N) is 2. The average Bonchev–Trinajstić information content (AvgIpc) is 3.04. The molecule has 0 spiro atoms. The van der Waals surface area contributed by atoms with Gasteiger partial charge in [-0.3, -0.25) is 4.99 Å². The normalized spacial score (nSPS) is 17.0. The molecule has 0 atom stereocenters. The van der Waals surface area contributed by atoms with Crippen molar-refractivity contribution in [2.24, 2.45) is 10.9 Å². The Morgan fingerprint density at radius 2 is 2.04 bits per heavy atom. The molecule has 1 fully saturated rings. The molecule has 0 radical (unpaired) electrons. The number of fused-ring (bicyclic) bond motifs is 1. The third-order valence-electron chi connectivity index (χ3n) is 5.24. The zero-order valence-corrected chi connectivity index (χ0v) is 15.8. The molecule has 2 aromatic rings. The number of benzene rings is 1. The molecule has 2 heterocycles. The van der Waals surface area contributed by atoms with Crippen molar-refractivity contribution in [3.05, 3.63) is 35.8 Å². The van der Waals surface area contributed by atoms with Crippen molar-refractivity contribution in [3.63, 3.8) is 0 Å². The maximum atomic E-state index is 13.5. The van der Waals surface area contributed by atoms with Gasteiger partial charge in [0.15, 0.2) is 5.96 Å². The molecule has 0 amide bonds. The molecule has 1 saturated heterocycles. The molecular weight excluding hydrogens is 329 g/mol. The number of aromatic amines is 1. The molecule has 1 aromatic carbocycles. The largest absolute Gasteiger partial charge is 0.361 e. The number of H-pyrrole nitrogens is 1. The lowest BCUT2D eigenvalue weighted by Gasteiger charge is -2.30. The van der Waals surface area contributed by atoms with E-state index in [0.29, 0.717) is 0 Å². The number of halogens is 1. The quantitative estimate of drug-likeness (QED) is 0.549. The molecule has 0 unspecified atom stereocenters. The van der Waals surface area contributed by atoms with Crippen molar-refractivity contribution in [2.75, 3.05) is 39.8 Å². The summed E-state index contributed by atoms with van der Waals surface area (Å²) in [5.74, 6) is 1.49. The summed E-state index contributed by atoms with van der Waals surface area (Å²) in [7, 11) is 1.79. The minimum Gasteiger partial charge on any atom is -0.361 e. The van der Waals surface area contributed by atoms with Crippen molar-refractivity contribution >= 4 is 16.9 Å². The summed E-state index contributed by atoms with van der Waals surface area (Å²) >= 11 is 0. The number of rotatable bonds is 6. The standard InChI is InChI=1S/C20H30FN5/c1-15-6-10-26(11-7-15)12-9-24-20(22-2)23-8-5-16-14-25-19-4-3-17(21)13-18(16)19/h3-4,13-15,25H,5-12H2,1-2H3,(H2,22,23,24). The Labute approximate surface area is 155 Å². The van der Waals surface area contributed by atoms with Gasteiger partial charge in [-0.2, -0.15) is 0 Å². The summed E-state index contributed by atoms with van der Waals surface area (Å²) in [6, 6.07) is 4.85. The highest BCUT2D eigenvalue weighted by molar-refractivity contribution is 5.83. The topological polar surface area (TPSA) is 55.5 Å². The van der Waals surface area contributed by atoms with E-state index in [1.807, 2.05) is 6.20 Å². The third kappa shape index (κ3) is 4.97. The highest BCUT2D eigenvalue weighted by Crippen LogP contribution is 2.19. The first-order valence-corrected chi connectivity index (χ1v) is 9.58. The van der Waals surface area contributed by atoms with E-state index in [1.165, 1.54) is 32.0 Å². The fraction of sp³-hybridized carbons (Fsp3) is 0.550. The van der Waals surface area contributed by atoms with Crippen LogP contribution in [0.5, 0.6) is 0 Å². The van der Waals surface area contributed by atoms with Crippen LogP contribution >= 0.6 is 0 Å². The maximum Gasteiger partial charge on any atom is 0.191 e. The van der Waals surface area contributed by atoms with Crippen LogP contribution in [-0.2, 0) is 6.42 Å². The molecule has 6 heteroatoms. The summed E-state index contributed by atoms with van der Waals surface area (Å²) < 4.78 is 13.5. The second-order valence-electron chi connectivity index (χ2n) is 7.20. The summed E-state index contributed by atoms with van der Waals surface area (Å²) in [5, 5.41) is 7.68. The minimum atomic E-state index is -0.198. The van der Waals surface area contributed by atoms with Gasteiger partial charge < -0.3 is 20.5 Å². The predicted octanol–water partition coefficient (Wildman–Crippen LogP) is 2.75. The van der Waals surface area contributed by atoms with Crippen molar-refractivity contribution in [1.29, 1.82) is 0 Å². The molecule has 1 aliphatic heterocycles. The van der Waals surface area contributed by atoms with Crippen LogP contribution in [0, 0.1) is 11.7 Å².